The summed E-state index contributed by atoms with van der Waals surface area (Å²) in [6.45, 7) is 4.16. The predicted octanol–water partition coefficient (Wildman–Crippen LogP) is 3.97. The smallest absolute Gasteiger partial charge is 0.343 e. The van der Waals surface area contributed by atoms with Crippen LogP contribution in [0.2, 0.25) is 0 Å². The van der Waals surface area contributed by atoms with Gasteiger partial charge in [0.25, 0.3) is 0 Å². The summed E-state index contributed by atoms with van der Waals surface area (Å²) in [5.41, 5.74) is 0.303. The lowest BCUT2D eigenvalue weighted by molar-refractivity contribution is 0.0735. The Hall–Kier alpha value is -3.34. The predicted molar refractivity (Wildman–Crippen MR) is 94.2 cm³/mol. The molecule has 0 amide bonds. The first-order valence-electron chi connectivity index (χ1n) is 7.75. The van der Waals surface area contributed by atoms with Gasteiger partial charge in [-0.05, 0) is 48.9 Å². The van der Waals surface area contributed by atoms with Crippen molar-refractivity contribution < 1.29 is 18.7 Å². The van der Waals surface area contributed by atoms with Crippen LogP contribution in [-0.4, -0.2) is 12.6 Å². The molecule has 1 aromatic heterocycles. The third kappa shape index (κ3) is 4.14. The third-order valence-corrected chi connectivity index (χ3v) is 3.49. The van der Waals surface area contributed by atoms with Crippen LogP contribution in [0, 0.1) is 0 Å². The number of hydrogen-bond acceptors (Lipinski definition) is 5. The molecular formula is C20H16O5. The largest absolute Gasteiger partial charge is 0.493 e. The average molecular weight is 336 g/mol. The van der Waals surface area contributed by atoms with Crippen LogP contribution in [0.1, 0.15) is 16.8 Å². The Morgan fingerprint density at radius 2 is 1.76 bits per heavy atom. The fourth-order valence-electron chi connectivity index (χ4n) is 2.22. The summed E-state index contributed by atoms with van der Waals surface area (Å²) in [4.78, 5) is 23.5. The normalized spacial score (nSPS) is 10.4. The molecule has 3 rings (SSSR count). The van der Waals surface area contributed by atoms with E-state index in [0.717, 1.165) is 11.8 Å². The van der Waals surface area contributed by atoms with Crippen molar-refractivity contribution in [1.29, 1.82) is 0 Å². The Morgan fingerprint density at radius 3 is 2.52 bits per heavy atom. The topological polar surface area (TPSA) is 65.7 Å². The first-order valence-corrected chi connectivity index (χ1v) is 7.75. The summed E-state index contributed by atoms with van der Waals surface area (Å²) in [7, 11) is 0. The molecule has 25 heavy (non-hydrogen) atoms. The quantitative estimate of drug-likeness (QED) is 0.224. The monoisotopic (exact) mass is 336 g/mol. The maximum atomic E-state index is 12.2. The molecule has 0 atom stereocenters. The molecule has 0 spiro atoms. The molecule has 5 nitrogen and oxygen atoms in total. The number of hydrogen-bond donors (Lipinski definition) is 0. The van der Waals surface area contributed by atoms with Crippen molar-refractivity contribution in [3.8, 4) is 11.5 Å². The van der Waals surface area contributed by atoms with E-state index < -0.39 is 11.6 Å². The Balaban J connectivity index is 1.71. The maximum absolute atomic E-state index is 12.2. The molecule has 0 aliphatic carbocycles. The summed E-state index contributed by atoms with van der Waals surface area (Å²) < 4.78 is 15.9. The number of ether oxygens (including phenoxy) is 2. The zero-order valence-electron chi connectivity index (χ0n) is 13.4. The average Bonchev–Trinajstić information content (AvgIpc) is 2.62. The highest BCUT2D eigenvalue weighted by Gasteiger charge is 2.10. The fraction of sp³-hybridized carbons (Fsp3) is 0.100. The summed E-state index contributed by atoms with van der Waals surface area (Å²) in [5.74, 6) is 0.472. The van der Waals surface area contributed by atoms with Gasteiger partial charge in [0.05, 0.1) is 12.2 Å². The minimum absolute atomic E-state index is 0.304. The number of benzene rings is 2. The zero-order chi connectivity index (χ0) is 17.6. The van der Waals surface area contributed by atoms with E-state index >= 15 is 0 Å². The minimum Gasteiger partial charge on any atom is -0.493 e. The highest BCUT2D eigenvalue weighted by atomic mass is 16.5. The standard InChI is InChI=1S/C20H16O5/c1-2-3-12-23-16-8-5-15(6-9-16)20(22)24-17-10-4-14-7-11-19(21)25-18(14)13-17/h2,4-11,13H,1,3,12H2. The number of rotatable bonds is 6. The van der Waals surface area contributed by atoms with E-state index in [4.69, 9.17) is 13.9 Å². The van der Waals surface area contributed by atoms with Crippen LogP contribution in [0.15, 0.2) is 76.5 Å². The van der Waals surface area contributed by atoms with Gasteiger partial charge in [-0.15, -0.1) is 6.58 Å². The Morgan fingerprint density at radius 1 is 1.04 bits per heavy atom. The van der Waals surface area contributed by atoms with Crippen molar-refractivity contribution in [3.63, 3.8) is 0 Å². The van der Waals surface area contributed by atoms with Crippen LogP contribution in [0.4, 0.5) is 0 Å². The van der Waals surface area contributed by atoms with Gasteiger partial charge in [0, 0.05) is 17.5 Å². The van der Waals surface area contributed by atoms with Crippen LogP contribution in [-0.2, 0) is 0 Å². The number of carbonyl (C=O) groups excluding carboxylic acids is 1. The molecule has 0 N–H and O–H groups in total. The van der Waals surface area contributed by atoms with Gasteiger partial charge in [0.1, 0.15) is 17.1 Å². The molecule has 0 aliphatic rings. The van der Waals surface area contributed by atoms with E-state index in [1.165, 1.54) is 12.1 Å². The van der Waals surface area contributed by atoms with Gasteiger partial charge in [-0.3, -0.25) is 0 Å². The van der Waals surface area contributed by atoms with Gasteiger partial charge in [-0.25, -0.2) is 9.59 Å². The van der Waals surface area contributed by atoms with Crippen LogP contribution in [0.3, 0.4) is 0 Å². The second-order valence-corrected chi connectivity index (χ2v) is 5.29. The minimum atomic E-state index is -0.504. The lowest BCUT2D eigenvalue weighted by atomic mass is 10.2. The van der Waals surface area contributed by atoms with E-state index in [1.54, 1.807) is 48.5 Å². The van der Waals surface area contributed by atoms with Crippen molar-refractivity contribution in [2.45, 2.75) is 6.42 Å². The van der Waals surface area contributed by atoms with Crippen LogP contribution < -0.4 is 15.1 Å². The SMILES string of the molecule is C=CCCOc1ccc(C(=O)Oc2ccc3ccc(=O)oc3c2)cc1. The number of esters is 1. The Kier molecular flexibility index (Phi) is 4.95. The molecule has 0 unspecified atom stereocenters. The van der Waals surface area contributed by atoms with Gasteiger partial charge in [0.15, 0.2) is 0 Å². The summed E-state index contributed by atoms with van der Waals surface area (Å²) in [5, 5.41) is 0.750. The van der Waals surface area contributed by atoms with Gasteiger partial charge in [0.2, 0.25) is 0 Å². The van der Waals surface area contributed by atoms with E-state index in [2.05, 4.69) is 6.58 Å². The zero-order valence-corrected chi connectivity index (χ0v) is 13.4. The number of fused-ring (bicyclic) bond motifs is 1. The molecule has 0 aliphatic heterocycles. The molecule has 0 fully saturated rings. The lowest BCUT2D eigenvalue weighted by Gasteiger charge is -2.07. The molecule has 126 valence electrons. The highest BCUT2D eigenvalue weighted by Crippen LogP contribution is 2.21. The first kappa shape index (κ1) is 16.5. The molecule has 2 aromatic carbocycles. The van der Waals surface area contributed by atoms with Gasteiger partial charge in [-0.1, -0.05) is 6.08 Å². The second kappa shape index (κ2) is 7.49. The van der Waals surface area contributed by atoms with E-state index in [9.17, 15) is 9.59 Å². The van der Waals surface area contributed by atoms with Crippen molar-refractivity contribution in [2.75, 3.05) is 6.61 Å². The molecule has 3 aromatic rings. The van der Waals surface area contributed by atoms with Crippen molar-refractivity contribution >= 4 is 16.9 Å². The molecule has 1 heterocycles. The molecule has 0 radical (unpaired) electrons. The van der Waals surface area contributed by atoms with Crippen LogP contribution >= 0.6 is 0 Å². The molecule has 0 saturated carbocycles. The van der Waals surface area contributed by atoms with Gasteiger partial charge >= 0.3 is 11.6 Å². The summed E-state index contributed by atoms with van der Waals surface area (Å²) in [6, 6.07) is 14.5. The fourth-order valence-corrected chi connectivity index (χ4v) is 2.22. The summed E-state index contributed by atoms with van der Waals surface area (Å²) >= 11 is 0. The maximum Gasteiger partial charge on any atom is 0.343 e. The summed E-state index contributed by atoms with van der Waals surface area (Å²) in [6.07, 6.45) is 2.53. The molecular weight excluding hydrogens is 320 g/mol. The van der Waals surface area contributed by atoms with Crippen molar-refractivity contribution in [1.82, 2.24) is 0 Å². The van der Waals surface area contributed by atoms with Crippen LogP contribution in [0.25, 0.3) is 11.0 Å². The first-order chi connectivity index (χ1) is 12.2. The van der Waals surface area contributed by atoms with Gasteiger partial charge in [-0.2, -0.15) is 0 Å². The molecule has 0 bridgehead atoms. The van der Waals surface area contributed by atoms with E-state index in [0.29, 0.717) is 29.3 Å². The highest BCUT2D eigenvalue weighted by molar-refractivity contribution is 5.91. The van der Waals surface area contributed by atoms with E-state index in [1.807, 2.05) is 0 Å². The Bertz CT molecular complexity index is 954. The lowest BCUT2D eigenvalue weighted by Crippen LogP contribution is -2.08. The number of carbonyl (C=O) groups is 1. The van der Waals surface area contributed by atoms with Gasteiger partial charge < -0.3 is 13.9 Å². The van der Waals surface area contributed by atoms with Crippen LogP contribution in [0.5, 0.6) is 11.5 Å². The second-order valence-electron chi connectivity index (χ2n) is 5.29. The third-order valence-electron chi connectivity index (χ3n) is 3.49. The Labute approximate surface area is 144 Å². The molecule has 0 saturated heterocycles. The molecule has 5 heteroatoms. The van der Waals surface area contributed by atoms with E-state index in [-0.39, 0.29) is 0 Å². The van der Waals surface area contributed by atoms with Crippen molar-refractivity contribution in [2.24, 2.45) is 0 Å². The van der Waals surface area contributed by atoms with Crippen molar-refractivity contribution in [3.05, 3.63) is 83.2 Å².